The molecule has 0 aliphatic rings. The lowest BCUT2D eigenvalue weighted by atomic mass is 10.2. The van der Waals surface area contributed by atoms with Crippen LogP contribution in [0.2, 0.25) is 0 Å². The quantitative estimate of drug-likeness (QED) is 0.766. The minimum absolute atomic E-state index is 0.366. The number of hydrogen-bond donors (Lipinski definition) is 1. The van der Waals surface area contributed by atoms with Gasteiger partial charge in [0.1, 0.15) is 5.82 Å². The molecular formula is C9H5BrFNO. The topological polar surface area (TPSA) is 32.9 Å². The monoisotopic (exact) mass is 241 g/mol. The van der Waals surface area contributed by atoms with Crippen LogP contribution < -0.4 is 0 Å². The maximum Gasteiger partial charge on any atom is 0.152 e. The summed E-state index contributed by atoms with van der Waals surface area (Å²) in [6, 6.07) is 2.94. The fourth-order valence-corrected chi connectivity index (χ4v) is 1.58. The number of rotatable bonds is 1. The van der Waals surface area contributed by atoms with E-state index in [9.17, 15) is 9.18 Å². The highest BCUT2D eigenvalue weighted by atomic mass is 79.9. The number of carbonyl (C=O) groups is 1. The Morgan fingerprint density at radius 1 is 1.46 bits per heavy atom. The van der Waals surface area contributed by atoms with Gasteiger partial charge in [-0.3, -0.25) is 4.79 Å². The summed E-state index contributed by atoms with van der Waals surface area (Å²) in [5.74, 6) is -0.366. The van der Waals surface area contributed by atoms with Crippen molar-refractivity contribution in [3.05, 3.63) is 34.2 Å². The van der Waals surface area contributed by atoms with Crippen LogP contribution in [0.3, 0.4) is 0 Å². The normalized spacial score (nSPS) is 10.6. The maximum absolute atomic E-state index is 13.1. The first kappa shape index (κ1) is 8.44. The number of aromatic amines is 1. The van der Waals surface area contributed by atoms with Crippen LogP contribution in [-0.4, -0.2) is 11.3 Å². The molecule has 0 bridgehead atoms. The zero-order valence-corrected chi connectivity index (χ0v) is 8.06. The Morgan fingerprint density at radius 3 is 2.92 bits per heavy atom. The first-order valence-corrected chi connectivity index (χ1v) is 4.43. The fraction of sp³-hybridized carbons (Fsp3) is 0. The van der Waals surface area contributed by atoms with Crippen molar-refractivity contribution in [2.45, 2.75) is 0 Å². The summed E-state index contributed by atoms with van der Waals surface area (Å²) in [4.78, 5) is 13.4. The highest BCUT2D eigenvalue weighted by molar-refractivity contribution is 9.10. The van der Waals surface area contributed by atoms with Gasteiger partial charge in [-0.05, 0) is 28.1 Å². The van der Waals surface area contributed by atoms with Crippen molar-refractivity contribution in [3.63, 3.8) is 0 Å². The summed E-state index contributed by atoms with van der Waals surface area (Å²) in [6.07, 6.45) is 2.26. The number of H-pyrrole nitrogens is 1. The third kappa shape index (κ3) is 1.27. The molecule has 0 radical (unpaired) electrons. The van der Waals surface area contributed by atoms with Crippen LogP contribution in [-0.2, 0) is 0 Å². The molecule has 1 heterocycles. The number of halogens is 2. The number of aldehydes is 1. The summed E-state index contributed by atoms with van der Waals surface area (Å²) < 4.78 is 13.5. The average molecular weight is 242 g/mol. The van der Waals surface area contributed by atoms with Crippen LogP contribution in [0.5, 0.6) is 0 Å². The molecule has 13 heavy (non-hydrogen) atoms. The van der Waals surface area contributed by atoms with Crippen LogP contribution in [0.15, 0.2) is 22.8 Å². The first-order chi connectivity index (χ1) is 6.22. The van der Waals surface area contributed by atoms with Gasteiger partial charge in [0.05, 0.1) is 4.47 Å². The molecule has 1 aromatic heterocycles. The summed E-state index contributed by atoms with van der Waals surface area (Å²) in [6.45, 7) is 0. The van der Waals surface area contributed by atoms with Gasteiger partial charge in [-0.1, -0.05) is 0 Å². The Hall–Kier alpha value is -1.16. The third-order valence-electron chi connectivity index (χ3n) is 1.88. The summed E-state index contributed by atoms with van der Waals surface area (Å²) in [7, 11) is 0. The number of benzene rings is 1. The Bertz CT molecular complexity index is 478. The molecule has 1 aromatic carbocycles. The van der Waals surface area contributed by atoms with E-state index in [0.29, 0.717) is 21.7 Å². The van der Waals surface area contributed by atoms with E-state index in [1.54, 1.807) is 12.3 Å². The molecule has 0 fully saturated rings. The Morgan fingerprint density at radius 2 is 2.23 bits per heavy atom. The highest BCUT2D eigenvalue weighted by Crippen LogP contribution is 2.24. The van der Waals surface area contributed by atoms with Gasteiger partial charge in [-0.2, -0.15) is 0 Å². The second-order valence-corrected chi connectivity index (χ2v) is 3.53. The fourth-order valence-electron chi connectivity index (χ4n) is 1.24. The molecule has 0 spiro atoms. The zero-order valence-electron chi connectivity index (χ0n) is 6.47. The Kier molecular flexibility index (Phi) is 1.92. The van der Waals surface area contributed by atoms with E-state index in [-0.39, 0.29) is 5.82 Å². The van der Waals surface area contributed by atoms with Gasteiger partial charge in [0, 0.05) is 22.7 Å². The predicted octanol–water partition coefficient (Wildman–Crippen LogP) is 2.88. The van der Waals surface area contributed by atoms with Gasteiger partial charge in [0.15, 0.2) is 6.29 Å². The van der Waals surface area contributed by atoms with Crippen LogP contribution in [0.4, 0.5) is 4.39 Å². The molecule has 0 unspecified atom stereocenters. The van der Waals surface area contributed by atoms with E-state index >= 15 is 0 Å². The summed E-state index contributed by atoms with van der Waals surface area (Å²) in [5, 5.41) is 0.607. The molecule has 66 valence electrons. The van der Waals surface area contributed by atoms with Gasteiger partial charge in [0.25, 0.3) is 0 Å². The highest BCUT2D eigenvalue weighted by Gasteiger charge is 2.06. The Labute approximate surface area is 81.9 Å². The van der Waals surface area contributed by atoms with E-state index in [0.717, 1.165) is 5.52 Å². The molecule has 2 aromatic rings. The number of nitrogens with one attached hydrogen (secondary N) is 1. The van der Waals surface area contributed by atoms with Crippen LogP contribution in [0.25, 0.3) is 10.9 Å². The second kappa shape index (κ2) is 2.96. The minimum atomic E-state index is -0.366. The van der Waals surface area contributed by atoms with Crippen molar-refractivity contribution in [3.8, 4) is 0 Å². The summed E-state index contributed by atoms with van der Waals surface area (Å²) >= 11 is 3.06. The van der Waals surface area contributed by atoms with Gasteiger partial charge >= 0.3 is 0 Å². The van der Waals surface area contributed by atoms with Gasteiger partial charge < -0.3 is 4.98 Å². The number of carbonyl (C=O) groups excluding carboxylic acids is 1. The average Bonchev–Trinajstić information content (AvgIpc) is 2.48. The molecule has 0 saturated heterocycles. The van der Waals surface area contributed by atoms with E-state index in [1.165, 1.54) is 6.07 Å². The molecule has 0 atom stereocenters. The zero-order chi connectivity index (χ0) is 9.42. The number of aromatic nitrogens is 1. The smallest absolute Gasteiger partial charge is 0.152 e. The minimum Gasteiger partial charge on any atom is -0.360 e. The van der Waals surface area contributed by atoms with E-state index in [2.05, 4.69) is 20.9 Å². The van der Waals surface area contributed by atoms with Gasteiger partial charge in [-0.15, -0.1) is 0 Å². The lowest BCUT2D eigenvalue weighted by molar-refractivity contribution is 0.112. The van der Waals surface area contributed by atoms with Crippen molar-refractivity contribution in [1.29, 1.82) is 0 Å². The lowest BCUT2D eigenvalue weighted by Crippen LogP contribution is -1.79. The SMILES string of the molecule is O=Cc1c[nH]c2cc(Br)c(F)cc12. The molecule has 0 saturated carbocycles. The molecule has 2 nitrogen and oxygen atoms in total. The van der Waals surface area contributed by atoms with Crippen molar-refractivity contribution in [2.24, 2.45) is 0 Å². The van der Waals surface area contributed by atoms with E-state index in [4.69, 9.17) is 0 Å². The molecule has 0 amide bonds. The van der Waals surface area contributed by atoms with Gasteiger partial charge in [-0.25, -0.2) is 4.39 Å². The Balaban J connectivity index is 2.84. The molecule has 4 heteroatoms. The van der Waals surface area contributed by atoms with Crippen LogP contribution in [0.1, 0.15) is 10.4 Å². The van der Waals surface area contributed by atoms with Crippen LogP contribution >= 0.6 is 15.9 Å². The van der Waals surface area contributed by atoms with Crippen molar-refractivity contribution in [1.82, 2.24) is 4.98 Å². The largest absolute Gasteiger partial charge is 0.360 e. The molecule has 2 rings (SSSR count). The van der Waals surface area contributed by atoms with Crippen molar-refractivity contribution in [2.75, 3.05) is 0 Å². The van der Waals surface area contributed by atoms with E-state index in [1.807, 2.05) is 0 Å². The maximum atomic E-state index is 13.1. The number of hydrogen-bond acceptors (Lipinski definition) is 1. The second-order valence-electron chi connectivity index (χ2n) is 2.67. The number of fused-ring (bicyclic) bond motifs is 1. The molecule has 0 aliphatic carbocycles. The van der Waals surface area contributed by atoms with Gasteiger partial charge in [0.2, 0.25) is 0 Å². The molecule has 0 aliphatic heterocycles. The lowest BCUT2D eigenvalue weighted by Gasteiger charge is -1.94. The third-order valence-corrected chi connectivity index (χ3v) is 2.49. The predicted molar refractivity (Wildman–Crippen MR) is 51.3 cm³/mol. The standard InChI is InChI=1S/C9H5BrFNO/c10-7-2-9-6(1-8(7)11)5(4-13)3-12-9/h1-4,12H. The molecule has 1 N–H and O–H groups in total. The van der Waals surface area contributed by atoms with Crippen molar-refractivity contribution < 1.29 is 9.18 Å². The molecular weight excluding hydrogens is 237 g/mol. The first-order valence-electron chi connectivity index (χ1n) is 3.63. The van der Waals surface area contributed by atoms with Crippen LogP contribution in [0, 0.1) is 5.82 Å². The van der Waals surface area contributed by atoms with E-state index < -0.39 is 0 Å². The van der Waals surface area contributed by atoms with Crippen molar-refractivity contribution >= 4 is 33.1 Å². The summed E-state index contributed by atoms with van der Waals surface area (Å²) in [5.41, 5.74) is 1.22.